The Balaban J connectivity index is 0.00000147. The number of fused-ring (bicyclic) bond motifs is 1. The average molecular weight is 301 g/mol. The number of nitrogens with one attached hydrogen (secondary N) is 2. The number of rotatable bonds is 1. The molecule has 1 aromatic heterocycles. The SMILES string of the molecule is CC1(C)CN(C(=O)c2n[nH]c3c2CNCC3)CCO1.Cl. The predicted octanol–water partition coefficient (Wildman–Crippen LogP) is 0.728. The van der Waals surface area contributed by atoms with E-state index < -0.39 is 0 Å². The highest BCUT2D eigenvalue weighted by Gasteiger charge is 2.33. The number of amides is 1. The molecule has 3 heterocycles. The second-order valence-corrected chi connectivity index (χ2v) is 5.79. The van der Waals surface area contributed by atoms with Crippen LogP contribution in [0.1, 0.15) is 35.6 Å². The summed E-state index contributed by atoms with van der Waals surface area (Å²) in [5.41, 5.74) is 2.41. The van der Waals surface area contributed by atoms with Crippen molar-refractivity contribution in [3.63, 3.8) is 0 Å². The summed E-state index contributed by atoms with van der Waals surface area (Å²) in [6.45, 7) is 7.51. The van der Waals surface area contributed by atoms with Crippen molar-refractivity contribution < 1.29 is 9.53 Å². The summed E-state index contributed by atoms with van der Waals surface area (Å²) in [6, 6.07) is 0. The van der Waals surface area contributed by atoms with Crippen molar-refractivity contribution in [2.24, 2.45) is 0 Å². The van der Waals surface area contributed by atoms with Gasteiger partial charge in [-0.25, -0.2) is 0 Å². The Hall–Kier alpha value is -1.11. The van der Waals surface area contributed by atoms with Gasteiger partial charge < -0.3 is 15.0 Å². The number of morpholine rings is 1. The lowest BCUT2D eigenvalue weighted by Crippen LogP contribution is -2.50. The zero-order valence-electron chi connectivity index (χ0n) is 11.9. The molecule has 112 valence electrons. The number of ether oxygens (including phenoxy) is 1. The number of carbonyl (C=O) groups excluding carboxylic acids is 1. The van der Waals surface area contributed by atoms with Gasteiger partial charge in [-0.2, -0.15) is 5.10 Å². The summed E-state index contributed by atoms with van der Waals surface area (Å²) in [7, 11) is 0. The Bertz CT molecular complexity index is 501. The van der Waals surface area contributed by atoms with Crippen molar-refractivity contribution in [2.75, 3.05) is 26.2 Å². The quantitative estimate of drug-likeness (QED) is 0.802. The highest BCUT2D eigenvalue weighted by Crippen LogP contribution is 2.21. The van der Waals surface area contributed by atoms with E-state index in [1.807, 2.05) is 18.7 Å². The van der Waals surface area contributed by atoms with Crippen LogP contribution in [0.4, 0.5) is 0 Å². The molecule has 20 heavy (non-hydrogen) atoms. The summed E-state index contributed by atoms with van der Waals surface area (Å²) in [5, 5.41) is 10.5. The molecule has 1 amide bonds. The average Bonchev–Trinajstić information content (AvgIpc) is 2.80. The zero-order valence-corrected chi connectivity index (χ0v) is 12.7. The fourth-order valence-corrected chi connectivity index (χ4v) is 2.74. The van der Waals surface area contributed by atoms with Crippen LogP contribution in [-0.4, -0.2) is 52.8 Å². The van der Waals surface area contributed by atoms with E-state index >= 15 is 0 Å². The highest BCUT2D eigenvalue weighted by atomic mass is 35.5. The van der Waals surface area contributed by atoms with Gasteiger partial charge in [-0.15, -0.1) is 12.4 Å². The number of aromatic nitrogens is 2. The molecule has 0 saturated carbocycles. The molecule has 1 fully saturated rings. The summed E-state index contributed by atoms with van der Waals surface area (Å²) < 4.78 is 5.64. The fourth-order valence-electron chi connectivity index (χ4n) is 2.74. The molecule has 0 bridgehead atoms. The number of nitrogens with zero attached hydrogens (tertiary/aromatic N) is 2. The van der Waals surface area contributed by atoms with Gasteiger partial charge in [0.1, 0.15) is 0 Å². The lowest BCUT2D eigenvalue weighted by atomic mass is 10.0. The Kier molecular flexibility index (Phi) is 4.36. The molecule has 0 aromatic carbocycles. The normalized spacial score (nSPS) is 21.0. The third kappa shape index (κ3) is 2.82. The van der Waals surface area contributed by atoms with Crippen LogP contribution >= 0.6 is 12.4 Å². The minimum atomic E-state index is -0.275. The minimum Gasteiger partial charge on any atom is -0.372 e. The molecule has 1 aromatic rings. The molecule has 1 saturated heterocycles. The summed E-state index contributed by atoms with van der Waals surface area (Å²) in [6.07, 6.45) is 0.907. The molecule has 2 aliphatic heterocycles. The maximum absolute atomic E-state index is 12.6. The second kappa shape index (κ2) is 5.71. The molecule has 7 heteroatoms. The third-order valence-corrected chi connectivity index (χ3v) is 3.72. The molecule has 2 aliphatic rings. The van der Waals surface area contributed by atoms with E-state index in [1.165, 1.54) is 0 Å². The van der Waals surface area contributed by atoms with Gasteiger partial charge in [0.15, 0.2) is 5.69 Å². The van der Waals surface area contributed by atoms with Crippen LogP contribution < -0.4 is 5.32 Å². The maximum Gasteiger partial charge on any atom is 0.274 e. The van der Waals surface area contributed by atoms with Gasteiger partial charge in [0.05, 0.1) is 12.2 Å². The molecule has 0 spiro atoms. The Morgan fingerprint density at radius 2 is 2.25 bits per heavy atom. The monoisotopic (exact) mass is 300 g/mol. The van der Waals surface area contributed by atoms with Crippen LogP contribution in [0.5, 0.6) is 0 Å². The van der Waals surface area contributed by atoms with Crippen molar-refractivity contribution in [2.45, 2.75) is 32.4 Å². The second-order valence-electron chi connectivity index (χ2n) is 5.79. The molecular formula is C13H21ClN4O2. The number of H-pyrrole nitrogens is 1. The van der Waals surface area contributed by atoms with Crippen molar-refractivity contribution >= 4 is 18.3 Å². The lowest BCUT2D eigenvalue weighted by Gasteiger charge is -2.38. The van der Waals surface area contributed by atoms with Crippen LogP contribution in [0.25, 0.3) is 0 Å². The lowest BCUT2D eigenvalue weighted by molar-refractivity contribution is -0.0765. The predicted molar refractivity (Wildman–Crippen MR) is 77.2 cm³/mol. The first-order chi connectivity index (χ1) is 9.07. The van der Waals surface area contributed by atoms with E-state index in [0.717, 1.165) is 30.8 Å². The smallest absolute Gasteiger partial charge is 0.274 e. The Labute approximate surface area is 124 Å². The minimum absolute atomic E-state index is 0. The van der Waals surface area contributed by atoms with Gasteiger partial charge in [0.2, 0.25) is 0 Å². The van der Waals surface area contributed by atoms with E-state index in [4.69, 9.17) is 4.74 Å². The van der Waals surface area contributed by atoms with E-state index in [2.05, 4.69) is 15.5 Å². The maximum atomic E-state index is 12.6. The fraction of sp³-hybridized carbons (Fsp3) is 0.692. The van der Waals surface area contributed by atoms with Gasteiger partial charge in [-0.05, 0) is 13.8 Å². The highest BCUT2D eigenvalue weighted by molar-refractivity contribution is 5.94. The number of hydrogen-bond acceptors (Lipinski definition) is 4. The number of aromatic amines is 1. The van der Waals surface area contributed by atoms with Gasteiger partial charge in [-0.3, -0.25) is 9.89 Å². The van der Waals surface area contributed by atoms with Crippen LogP contribution in [0.15, 0.2) is 0 Å². The summed E-state index contributed by atoms with van der Waals surface area (Å²) in [4.78, 5) is 14.4. The molecule has 6 nitrogen and oxygen atoms in total. The van der Waals surface area contributed by atoms with Gasteiger partial charge in [0.25, 0.3) is 5.91 Å². The first-order valence-electron chi connectivity index (χ1n) is 6.77. The number of carbonyl (C=O) groups is 1. The molecule has 2 N–H and O–H groups in total. The first-order valence-corrected chi connectivity index (χ1v) is 6.77. The summed E-state index contributed by atoms with van der Waals surface area (Å²) in [5.74, 6) is 0.0116. The van der Waals surface area contributed by atoms with Crippen LogP contribution in [0.3, 0.4) is 0 Å². The van der Waals surface area contributed by atoms with Gasteiger partial charge in [-0.1, -0.05) is 0 Å². The van der Waals surface area contributed by atoms with Crippen LogP contribution in [0, 0.1) is 0 Å². The van der Waals surface area contributed by atoms with Crippen LogP contribution in [-0.2, 0) is 17.7 Å². The first kappa shape index (κ1) is 15.3. The molecule has 0 radical (unpaired) electrons. The molecular weight excluding hydrogens is 280 g/mol. The molecule has 3 rings (SSSR count). The summed E-state index contributed by atoms with van der Waals surface area (Å²) >= 11 is 0. The largest absolute Gasteiger partial charge is 0.372 e. The van der Waals surface area contributed by atoms with Crippen molar-refractivity contribution in [1.29, 1.82) is 0 Å². The number of hydrogen-bond donors (Lipinski definition) is 2. The van der Waals surface area contributed by atoms with Crippen molar-refractivity contribution in [3.05, 3.63) is 17.0 Å². The Morgan fingerprint density at radius 1 is 1.45 bits per heavy atom. The topological polar surface area (TPSA) is 70.2 Å². The molecule has 0 aliphatic carbocycles. The number of halogens is 1. The Morgan fingerprint density at radius 3 is 3.00 bits per heavy atom. The zero-order chi connectivity index (χ0) is 13.5. The van der Waals surface area contributed by atoms with Gasteiger partial charge in [0, 0.05) is 43.9 Å². The third-order valence-electron chi connectivity index (χ3n) is 3.72. The van der Waals surface area contributed by atoms with Gasteiger partial charge >= 0.3 is 0 Å². The van der Waals surface area contributed by atoms with E-state index in [-0.39, 0.29) is 23.9 Å². The van der Waals surface area contributed by atoms with E-state index in [0.29, 0.717) is 25.4 Å². The van der Waals surface area contributed by atoms with E-state index in [1.54, 1.807) is 0 Å². The van der Waals surface area contributed by atoms with E-state index in [9.17, 15) is 4.79 Å². The molecule has 0 unspecified atom stereocenters. The molecule has 0 atom stereocenters. The standard InChI is InChI=1S/C13H20N4O2.ClH/c1-13(2)8-17(5-6-19-13)12(18)11-9-7-14-4-3-10(9)15-16-11;/h14H,3-8H2,1-2H3,(H,15,16);1H. The van der Waals surface area contributed by atoms with Crippen molar-refractivity contribution in [1.82, 2.24) is 20.4 Å². The van der Waals surface area contributed by atoms with Crippen LogP contribution in [0.2, 0.25) is 0 Å². The van der Waals surface area contributed by atoms with Crippen molar-refractivity contribution in [3.8, 4) is 0 Å².